The lowest BCUT2D eigenvalue weighted by Crippen LogP contribution is -2.07. The van der Waals surface area contributed by atoms with Gasteiger partial charge in [0.25, 0.3) is 0 Å². The predicted octanol–water partition coefficient (Wildman–Crippen LogP) is 2.79. The number of Topliss-reactive ketones (excluding diaryl/α,β-unsaturated/α-hetero) is 1. The Morgan fingerprint density at radius 1 is 1.18 bits per heavy atom. The number of hydrogen-bond donors (Lipinski definition) is 0. The number of aromatic nitrogens is 1. The van der Waals surface area contributed by atoms with Crippen LogP contribution in [0.15, 0.2) is 42.6 Å². The van der Waals surface area contributed by atoms with Crippen LogP contribution in [-0.4, -0.2) is 10.8 Å². The number of halogens is 2. The van der Waals surface area contributed by atoms with E-state index in [2.05, 4.69) is 4.98 Å². The van der Waals surface area contributed by atoms with Gasteiger partial charge in [-0.3, -0.25) is 9.78 Å². The number of nitrogens with zero attached hydrogens (tertiary/aromatic N) is 1. The van der Waals surface area contributed by atoms with Crippen molar-refractivity contribution in [2.45, 2.75) is 6.42 Å². The van der Waals surface area contributed by atoms with Crippen molar-refractivity contribution in [3.05, 3.63) is 65.5 Å². The average Bonchev–Trinajstić information content (AvgIpc) is 2.34. The molecule has 0 aliphatic rings. The zero-order chi connectivity index (χ0) is 12.3. The molecular formula is C13H9F2NO. The standard InChI is InChI=1S/C13H9F2NO/c14-10-5-4-9(11(15)8-10)7-13(17)12-3-1-2-6-16-12/h1-6,8H,7H2. The van der Waals surface area contributed by atoms with E-state index >= 15 is 0 Å². The van der Waals surface area contributed by atoms with Crippen LogP contribution in [0.5, 0.6) is 0 Å². The van der Waals surface area contributed by atoms with Crippen molar-refractivity contribution in [2.24, 2.45) is 0 Å². The van der Waals surface area contributed by atoms with Crippen LogP contribution in [-0.2, 0) is 6.42 Å². The summed E-state index contributed by atoms with van der Waals surface area (Å²) in [5.74, 6) is -1.66. The van der Waals surface area contributed by atoms with E-state index in [-0.39, 0.29) is 23.5 Å². The zero-order valence-electron chi connectivity index (χ0n) is 8.86. The molecule has 1 heterocycles. The van der Waals surface area contributed by atoms with E-state index in [1.54, 1.807) is 18.2 Å². The highest BCUT2D eigenvalue weighted by molar-refractivity contribution is 5.95. The van der Waals surface area contributed by atoms with Gasteiger partial charge < -0.3 is 0 Å². The van der Waals surface area contributed by atoms with Gasteiger partial charge in [-0.2, -0.15) is 0 Å². The first-order valence-electron chi connectivity index (χ1n) is 5.05. The van der Waals surface area contributed by atoms with E-state index < -0.39 is 11.6 Å². The molecular weight excluding hydrogens is 224 g/mol. The van der Waals surface area contributed by atoms with Crippen molar-refractivity contribution in [3.8, 4) is 0 Å². The van der Waals surface area contributed by atoms with Gasteiger partial charge in [-0.1, -0.05) is 12.1 Å². The second kappa shape index (κ2) is 4.82. The van der Waals surface area contributed by atoms with E-state index in [0.717, 1.165) is 12.1 Å². The summed E-state index contributed by atoms with van der Waals surface area (Å²) in [6.07, 6.45) is 1.37. The maximum absolute atomic E-state index is 13.3. The Kier molecular flexibility index (Phi) is 3.23. The van der Waals surface area contributed by atoms with Crippen molar-refractivity contribution in [1.29, 1.82) is 0 Å². The van der Waals surface area contributed by atoms with Gasteiger partial charge in [0.15, 0.2) is 5.78 Å². The molecule has 0 aliphatic heterocycles. The Hall–Kier alpha value is -2.10. The second-order valence-electron chi connectivity index (χ2n) is 3.55. The molecule has 1 aromatic heterocycles. The molecule has 0 N–H and O–H groups in total. The van der Waals surface area contributed by atoms with E-state index in [0.29, 0.717) is 0 Å². The van der Waals surface area contributed by atoms with Crippen molar-refractivity contribution >= 4 is 5.78 Å². The van der Waals surface area contributed by atoms with Crippen molar-refractivity contribution in [2.75, 3.05) is 0 Å². The lowest BCUT2D eigenvalue weighted by molar-refractivity contribution is 0.0987. The lowest BCUT2D eigenvalue weighted by Gasteiger charge is -2.02. The summed E-state index contributed by atoms with van der Waals surface area (Å²) < 4.78 is 26.0. The fourth-order valence-electron chi connectivity index (χ4n) is 1.46. The van der Waals surface area contributed by atoms with Crippen LogP contribution < -0.4 is 0 Å². The van der Waals surface area contributed by atoms with E-state index in [4.69, 9.17) is 0 Å². The number of benzene rings is 1. The quantitative estimate of drug-likeness (QED) is 0.763. The largest absolute Gasteiger partial charge is 0.292 e. The molecule has 0 spiro atoms. The molecule has 0 amide bonds. The highest BCUT2D eigenvalue weighted by atomic mass is 19.1. The molecule has 0 fully saturated rings. The number of carbonyl (C=O) groups is 1. The summed E-state index contributed by atoms with van der Waals surface area (Å²) in [5, 5.41) is 0. The number of pyridine rings is 1. The van der Waals surface area contributed by atoms with E-state index in [1.807, 2.05) is 0 Å². The number of ketones is 1. The molecule has 1 aromatic carbocycles. The molecule has 86 valence electrons. The molecule has 0 bridgehead atoms. The summed E-state index contributed by atoms with van der Waals surface area (Å²) >= 11 is 0. The smallest absolute Gasteiger partial charge is 0.185 e. The molecule has 17 heavy (non-hydrogen) atoms. The highest BCUT2D eigenvalue weighted by Crippen LogP contribution is 2.12. The number of carbonyl (C=O) groups excluding carboxylic acids is 1. The fraction of sp³-hybridized carbons (Fsp3) is 0.0769. The molecule has 4 heteroatoms. The maximum Gasteiger partial charge on any atom is 0.185 e. The molecule has 0 radical (unpaired) electrons. The number of rotatable bonds is 3. The molecule has 0 saturated carbocycles. The first kappa shape index (κ1) is 11.4. The number of hydrogen-bond acceptors (Lipinski definition) is 2. The fourth-order valence-corrected chi connectivity index (χ4v) is 1.46. The molecule has 0 atom stereocenters. The van der Waals surface area contributed by atoms with Crippen LogP contribution in [0.2, 0.25) is 0 Å². The van der Waals surface area contributed by atoms with Crippen LogP contribution in [0.4, 0.5) is 8.78 Å². The molecule has 0 unspecified atom stereocenters. The second-order valence-corrected chi connectivity index (χ2v) is 3.55. The molecule has 2 nitrogen and oxygen atoms in total. The van der Waals surface area contributed by atoms with Crippen LogP contribution in [0, 0.1) is 11.6 Å². The Labute approximate surface area is 96.9 Å². The average molecular weight is 233 g/mol. The summed E-state index contributed by atoms with van der Waals surface area (Å²) in [7, 11) is 0. The zero-order valence-corrected chi connectivity index (χ0v) is 8.86. The lowest BCUT2D eigenvalue weighted by atomic mass is 10.1. The van der Waals surface area contributed by atoms with Gasteiger partial charge in [-0.15, -0.1) is 0 Å². The third kappa shape index (κ3) is 2.72. The van der Waals surface area contributed by atoms with Crippen LogP contribution in [0.25, 0.3) is 0 Å². The molecule has 2 rings (SSSR count). The molecule has 0 aliphatic carbocycles. The van der Waals surface area contributed by atoms with E-state index in [9.17, 15) is 13.6 Å². The van der Waals surface area contributed by atoms with Crippen LogP contribution in [0.1, 0.15) is 16.1 Å². The Morgan fingerprint density at radius 3 is 2.65 bits per heavy atom. The topological polar surface area (TPSA) is 30.0 Å². The first-order valence-corrected chi connectivity index (χ1v) is 5.05. The highest BCUT2D eigenvalue weighted by Gasteiger charge is 2.11. The van der Waals surface area contributed by atoms with Gasteiger partial charge in [0, 0.05) is 18.7 Å². The van der Waals surface area contributed by atoms with E-state index in [1.165, 1.54) is 12.3 Å². The van der Waals surface area contributed by atoms with Crippen LogP contribution in [0.3, 0.4) is 0 Å². The van der Waals surface area contributed by atoms with Crippen LogP contribution >= 0.6 is 0 Å². The first-order chi connectivity index (χ1) is 8.16. The van der Waals surface area contributed by atoms with Gasteiger partial charge in [-0.05, 0) is 23.8 Å². The van der Waals surface area contributed by atoms with Gasteiger partial charge in [0.1, 0.15) is 17.3 Å². The summed E-state index contributed by atoms with van der Waals surface area (Å²) in [4.78, 5) is 15.6. The minimum Gasteiger partial charge on any atom is -0.292 e. The predicted molar refractivity (Wildman–Crippen MR) is 58.6 cm³/mol. The minimum atomic E-state index is -0.714. The molecule has 0 saturated heterocycles. The minimum absolute atomic E-state index is 0.122. The SMILES string of the molecule is O=C(Cc1ccc(F)cc1F)c1ccccn1. The Morgan fingerprint density at radius 2 is 2.00 bits per heavy atom. The summed E-state index contributed by atoms with van der Waals surface area (Å²) in [5.41, 5.74) is 0.443. The normalized spacial score (nSPS) is 10.2. The van der Waals surface area contributed by atoms with Gasteiger partial charge >= 0.3 is 0 Å². The third-order valence-electron chi connectivity index (χ3n) is 2.32. The monoisotopic (exact) mass is 233 g/mol. The third-order valence-corrected chi connectivity index (χ3v) is 2.32. The Balaban J connectivity index is 2.19. The van der Waals surface area contributed by atoms with Gasteiger partial charge in [0.2, 0.25) is 0 Å². The van der Waals surface area contributed by atoms with Crippen molar-refractivity contribution in [3.63, 3.8) is 0 Å². The van der Waals surface area contributed by atoms with Gasteiger partial charge in [0.05, 0.1) is 0 Å². The summed E-state index contributed by atoms with van der Waals surface area (Å²) in [6, 6.07) is 8.09. The van der Waals surface area contributed by atoms with Crippen molar-refractivity contribution in [1.82, 2.24) is 4.98 Å². The molecule has 2 aromatic rings. The Bertz CT molecular complexity index is 540. The summed E-state index contributed by atoms with van der Waals surface area (Å²) in [6.45, 7) is 0. The van der Waals surface area contributed by atoms with Gasteiger partial charge in [-0.25, -0.2) is 8.78 Å². The van der Waals surface area contributed by atoms with Crippen molar-refractivity contribution < 1.29 is 13.6 Å². The maximum atomic E-state index is 13.3.